The van der Waals surface area contributed by atoms with Crippen LogP contribution in [0.5, 0.6) is 0 Å². The molecule has 0 aliphatic carbocycles. The van der Waals surface area contributed by atoms with Crippen molar-refractivity contribution in [3.05, 3.63) is 54.7 Å². The molecule has 0 aliphatic rings. The molecular weight excluding hydrogens is 286 g/mol. The van der Waals surface area contributed by atoms with Crippen LogP contribution in [-0.2, 0) is 4.79 Å². The number of benzene rings is 2. The first-order valence-electron chi connectivity index (χ1n) is 7.88. The number of carbonyl (C=O) groups excluding carboxylic acids is 1. The second-order valence-corrected chi connectivity index (χ2v) is 5.48. The van der Waals surface area contributed by atoms with Crippen LogP contribution in [0, 0.1) is 0 Å². The van der Waals surface area contributed by atoms with Crippen LogP contribution in [0.4, 0.5) is 5.69 Å². The third kappa shape index (κ3) is 3.72. The predicted octanol–water partition coefficient (Wildman–Crippen LogP) is 4.43. The van der Waals surface area contributed by atoms with Gasteiger partial charge in [0.2, 0.25) is 5.91 Å². The number of rotatable bonds is 5. The first kappa shape index (κ1) is 15.2. The molecule has 0 saturated carbocycles. The number of anilines is 1. The Balaban J connectivity index is 1.84. The Morgan fingerprint density at radius 1 is 1.09 bits per heavy atom. The van der Waals surface area contributed by atoms with E-state index in [0.717, 1.165) is 40.8 Å². The van der Waals surface area contributed by atoms with Gasteiger partial charge in [-0.15, -0.1) is 0 Å². The smallest absolute Gasteiger partial charge is 0.224 e. The van der Waals surface area contributed by atoms with Crippen LogP contribution in [0.1, 0.15) is 26.2 Å². The first-order valence-corrected chi connectivity index (χ1v) is 7.88. The largest absolute Gasteiger partial charge is 0.326 e. The maximum atomic E-state index is 11.9. The Labute approximate surface area is 135 Å². The van der Waals surface area contributed by atoms with Gasteiger partial charge in [-0.2, -0.15) is 0 Å². The van der Waals surface area contributed by atoms with Gasteiger partial charge in [0.1, 0.15) is 0 Å². The van der Waals surface area contributed by atoms with Crippen molar-refractivity contribution >= 4 is 22.6 Å². The number of nitrogens with one attached hydrogen (secondary N) is 1. The molecule has 1 N–H and O–H groups in total. The number of carbonyl (C=O) groups is 1. The number of hydrogen-bond donors (Lipinski definition) is 1. The third-order valence-corrected chi connectivity index (χ3v) is 3.65. The van der Waals surface area contributed by atoms with Gasteiger partial charge in [0, 0.05) is 17.7 Å². The number of aromatic nitrogens is 2. The Morgan fingerprint density at radius 3 is 2.74 bits per heavy atom. The monoisotopic (exact) mass is 305 g/mol. The van der Waals surface area contributed by atoms with E-state index < -0.39 is 0 Å². The molecule has 1 amide bonds. The standard InChI is InChI=1S/C19H19N3O/c1-2-3-11-19(23)21-15-8-6-7-14(12-15)18-13-20-16-9-4-5-10-17(16)22-18/h4-10,12-13H,2-3,11H2,1H3,(H,21,23). The molecule has 2 aromatic carbocycles. The van der Waals surface area contributed by atoms with Crippen molar-refractivity contribution in [1.29, 1.82) is 0 Å². The summed E-state index contributed by atoms with van der Waals surface area (Å²) in [6.45, 7) is 2.08. The minimum absolute atomic E-state index is 0.0496. The summed E-state index contributed by atoms with van der Waals surface area (Å²) in [4.78, 5) is 20.9. The summed E-state index contributed by atoms with van der Waals surface area (Å²) in [6, 6.07) is 15.5. The molecule has 1 aromatic heterocycles. The van der Waals surface area contributed by atoms with Gasteiger partial charge < -0.3 is 5.32 Å². The maximum absolute atomic E-state index is 11.9. The molecule has 0 atom stereocenters. The van der Waals surface area contributed by atoms with Gasteiger partial charge in [0.05, 0.1) is 22.9 Å². The zero-order chi connectivity index (χ0) is 16.1. The van der Waals surface area contributed by atoms with Crippen molar-refractivity contribution in [2.75, 3.05) is 5.32 Å². The van der Waals surface area contributed by atoms with E-state index in [1.165, 1.54) is 0 Å². The molecule has 0 saturated heterocycles. The molecule has 4 heteroatoms. The van der Waals surface area contributed by atoms with Crippen molar-refractivity contribution in [2.24, 2.45) is 0 Å². The average Bonchev–Trinajstić information content (AvgIpc) is 2.60. The van der Waals surface area contributed by atoms with E-state index in [1.54, 1.807) is 6.20 Å². The number of hydrogen-bond acceptors (Lipinski definition) is 3. The summed E-state index contributed by atoms with van der Waals surface area (Å²) in [6.07, 6.45) is 4.23. The summed E-state index contributed by atoms with van der Waals surface area (Å²) in [5.41, 5.74) is 4.27. The molecule has 4 nitrogen and oxygen atoms in total. The Hall–Kier alpha value is -2.75. The van der Waals surface area contributed by atoms with Crippen LogP contribution in [-0.4, -0.2) is 15.9 Å². The summed E-state index contributed by atoms with van der Waals surface area (Å²) in [5.74, 6) is 0.0496. The van der Waals surface area contributed by atoms with E-state index in [4.69, 9.17) is 0 Å². The fourth-order valence-electron chi connectivity index (χ4n) is 2.41. The lowest BCUT2D eigenvalue weighted by Crippen LogP contribution is -2.10. The zero-order valence-electron chi connectivity index (χ0n) is 13.1. The number of amides is 1. The second-order valence-electron chi connectivity index (χ2n) is 5.48. The molecule has 116 valence electrons. The van der Waals surface area contributed by atoms with E-state index >= 15 is 0 Å². The molecule has 0 bridgehead atoms. The normalized spacial score (nSPS) is 10.7. The quantitative estimate of drug-likeness (QED) is 0.759. The van der Waals surface area contributed by atoms with Gasteiger partial charge in [0.15, 0.2) is 0 Å². The lowest BCUT2D eigenvalue weighted by Gasteiger charge is -2.07. The third-order valence-electron chi connectivity index (χ3n) is 3.65. The topological polar surface area (TPSA) is 54.9 Å². The van der Waals surface area contributed by atoms with E-state index in [-0.39, 0.29) is 5.91 Å². The molecule has 0 spiro atoms. The van der Waals surface area contributed by atoms with Gasteiger partial charge in [-0.1, -0.05) is 37.6 Å². The van der Waals surface area contributed by atoms with E-state index in [9.17, 15) is 4.79 Å². The molecule has 1 heterocycles. The Bertz CT molecular complexity index is 829. The predicted molar refractivity (Wildman–Crippen MR) is 93.1 cm³/mol. The summed E-state index contributed by atoms with van der Waals surface area (Å²) in [7, 11) is 0. The number of para-hydroxylation sites is 2. The molecule has 0 unspecified atom stereocenters. The van der Waals surface area contributed by atoms with Crippen molar-refractivity contribution in [3.8, 4) is 11.3 Å². The van der Waals surface area contributed by atoms with Crippen LogP contribution in [0.15, 0.2) is 54.7 Å². The summed E-state index contributed by atoms with van der Waals surface area (Å²) < 4.78 is 0. The van der Waals surface area contributed by atoms with Gasteiger partial charge in [-0.05, 0) is 30.7 Å². The molecule has 0 radical (unpaired) electrons. The van der Waals surface area contributed by atoms with Gasteiger partial charge in [-0.3, -0.25) is 9.78 Å². The molecule has 0 aliphatic heterocycles. The minimum atomic E-state index is 0.0496. The van der Waals surface area contributed by atoms with Crippen molar-refractivity contribution in [2.45, 2.75) is 26.2 Å². The number of fused-ring (bicyclic) bond motifs is 1. The van der Waals surface area contributed by atoms with Crippen LogP contribution < -0.4 is 5.32 Å². The number of unbranched alkanes of at least 4 members (excludes halogenated alkanes) is 1. The van der Waals surface area contributed by atoms with Gasteiger partial charge >= 0.3 is 0 Å². The van der Waals surface area contributed by atoms with Crippen molar-refractivity contribution in [3.63, 3.8) is 0 Å². The van der Waals surface area contributed by atoms with Crippen LogP contribution in [0.2, 0.25) is 0 Å². The van der Waals surface area contributed by atoms with E-state index in [1.807, 2.05) is 48.5 Å². The van der Waals surface area contributed by atoms with E-state index in [2.05, 4.69) is 22.2 Å². The van der Waals surface area contributed by atoms with Crippen molar-refractivity contribution in [1.82, 2.24) is 9.97 Å². The maximum Gasteiger partial charge on any atom is 0.224 e. The minimum Gasteiger partial charge on any atom is -0.326 e. The summed E-state index contributed by atoms with van der Waals surface area (Å²) >= 11 is 0. The van der Waals surface area contributed by atoms with Crippen LogP contribution >= 0.6 is 0 Å². The molecule has 3 rings (SSSR count). The molecule has 23 heavy (non-hydrogen) atoms. The molecule has 3 aromatic rings. The Kier molecular flexibility index (Phi) is 4.62. The first-order chi connectivity index (χ1) is 11.3. The van der Waals surface area contributed by atoms with Gasteiger partial charge in [-0.25, -0.2) is 4.98 Å². The fourth-order valence-corrected chi connectivity index (χ4v) is 2.41. The highest BCUT2D eigenvalue weighted by molar-refractivity contribution is 5.91. The average molecular weight is 305 g/mol. The highest BCUT2D eigenvalue weighted by Crippen LogP contribution is 2.22. The highest BCUT2D eigenvalue weighted by Gasteiger charge is 2.06. The Morgan fingerprint density at radius 2 is 1.91 bits per heavy atom. The van der Waals surface area contributed by atoms with Crippen LogP contribution in [0.25, 0.3) is 22.3 Å². The lowest BCUT2D eigenvalue weighted by molar-refractivity contribution is -0.116. The summed E-state index contributed by atoms with van der Waals surface area (Å²) in [5, 5.41) is 2.94. The fraction of sp³-hybridized carbons (Fsp3) is 0.211. The van der Waals surface area contributed by atoms with E-state index in [0.29, 0.717) is 6.42 Å². The van der Waals surface area contributed by atoms with Crippen molar-refractivity contribution < 1.29 is 4.79 Å². The zero-order valence-corrected chi connectivity index (χ0v) is 13.1. The SMILES string of the molecule is CCCCC(=O)Nc1cccc(-c2cnc3ccccc3n2)c1. The lowest BCUT2D eigenvalue weighted by atomic mass is 10.1. The van der Waals surface area contributed by atoms with Crippen LogP contribution in [0.3, 0.4) is 0 Å². The second kappa shape index (κ2) is 7.01. The van der Waals surface area contributed by atoms with Gasteiger partial charge in [0.25, 0.3) is 0 Å². The number of nitrogens with zero attached hydrogens (tertiary/aromatic N) is 2. The molecular formula is C19H19N3O. The molecule has 0 fully saturated rings. The highest BCUT2D eigenvalue weighted by atomic mass is 16.1.